The minimum absolute atomic E-state index is 0.0941. The number of ether oxygens (including phenoxy) is 1. The van der Waals surface area contributed by atoms with E-state index >= 15 is 0 Å². The molecule has 4 nitrogen and oxygen atoms in total. The summed E-state index contributed by atoms with van der Waals surface area (Å²) in [5, 5.41) is 21.9. The van der Waals surface area contributed by atoms with E-state index in [4.69, 9.17) is 4.74 Å². The maximum Gasteiger partial charge on any atom is 0.302 e. The molecule has 0 spiro atoms. The molecule has 9 atom stereocenters. The second-order valence-electron chi connectivity index (χ2n) is 12.9. The molecule has 0 aromatic rings. The molecule has 0 heterocycles. The first-order valence-electron chi connectivity index (χ1n) is 13.7. The third kappa shape index (κ3) is 4.33. The lowest BCUT2D eigenvalue weighted by molar-refractivity contribution is -0.177. The Bertz CT molecular complexity index is 772. The molecular weight excluding hydrogens is 412 g/mol. The molecule has 3 fully saturated rings. The molecule has 0 aliphatic heterocycles. The SMILES string of the molecule is CC(=O)OC1C[C@H](O)C[C@@H]2CCC3=C4[C@H](O)C[C@H]([C@H](C)CCCC(C)C)[C@@]4(C)CC[C@@H]3[C@@]12C. The molecule has 4 aliphatic rings. The third-order valence-electron chi connectivity index (χ3n) is 10.5. The fourth-order valence-electron chi connectivity index (χ4n) is 8.90. The zero-order valence-electron chi connectivity index (χ0n) is 21.9. The molecular formula is C29H48O4. The van der Waals surface area contributed by atoms with Gasteiger partial charge in [0.15, 0.2) is 0 Å². The van der Waals surface area contributed by atoms with Crippen LogP contribution in [-0.2, 0) is 9.53 Å². The van der Waals surface area contributed by atoms with Crippen molar-refractivity contribution in [3.63, 3.8) is 0 Å². The number of aliphatic hydroxyl groups is 2. The largest absolute Gasteiger partial charge is 0.462 e. The van der Waals surface area contributed by atoms with Crippen LogP contribution in [0.1, 0.15) is 106 Å². The van der Waals surface area contributed by atoms with Crippen molar-refractivity contribution in [2.24, 2.45) is 40.4 Å². The van der Waals surface area contributed by atoms with Crippen molar-refractivity contribution in [1.29, 1.82) is 0 Å². The Balaban J connectivity index is 1.64. The van der Waals surface area contributed by atoms with Gasteiger partial charge in [-0.25, -0.2) is 0 Å². The highest BCUT2D eigenvalue weighted by atomic mass is 16.5. The number of carbonyl (C=O) groups is 1. The van der Waals surface area contributed by atoms with Gasteiger partial charge in [-0.1, -0.05) is 59.5 Å². The van der Waals surface area contributed by atoms with Crippen molar-refractivity contribution in [1.82, 2.24) is 0 Å². The smallest absolute Gasteiger partial charge is 0.302 e. The van der Waals surface area contributed by atoms with Crippen LogP contribution < -0.4 is 0 Å². The summed E-state index contributed by atoms with van der Waals surface area (Å²) in [5.74, 6) is 2.40. The van der Waals surface area contributed by atoms with E-state index < -0.39 is 0 Å². The molecule has 4 aliphatic carbocycles. The van der Waals surface area contributed by atoms with Crippen molar-refractivity contribution in [3.05, 3.63) is 11.1 Å². The Morgan fingerprint density at radius 1 is 1.09 bits per heavy atom. The summed E-state index contributed by atoms with van der Waals surface area (Å²) in [7, 11) is 0. The van der Waals surface area contributed by atoms with Crippen LogP contribution in [0.25, 0.3) is 0 Å². The molecule has 3 saturated carbocycles. The summed E-state index contributed by atoms with van der Waals surface area (Å²) in [6.45, 7) is 13.3. The lowest BCUT2D eigenvalue weighted by Crippen LogP contribution is -2.56. The number of allylic oxidation sites excluding steroid dienone is 1. The molecule has 1 unspecified atom stereocenters. The maximum absolute atomic E-state index is 12.0. The summed E-state index contributed by atoms with van der Waals surface area (Å²) in [6.07, 6.45) is 9.40. The minimum Gasteiger partial charge on any atom is -0.462 e. The topological polar surface area (TPSA) is 66.8 Å². The van der Waals surface area contributed by atoms with Crippen LogP contribution in [0.4, 0.5) is 0 Å². The van der Waals surface area contributed by atoms with Gasteiger partial charge in [0.2, 0.25) is 0 Å². The lowest BCUT2D eigenvalue weighted by atomic mass is 9.47. The molecule has 4 rings (SSSR count). The van der Waals surface area contributed by atoms with E-state index in [-0.39, 0.29) is 35.1 Å². The summed E-state index contributed by atoms with van der Waals surface area (Å²) < 4.78 is 5.89. The van der Waals surface area contributed by atoms with Crippen molar-refractivity contribution in [2.75, 3.05) is 0 Å². The van der Waals surface area contributed by atoms with E-state index in [1.165, 1.54) is 37.3 Å². The van der Waals surface area contributed by atoms with Gasteiger partial charge in [-0.2, -0.15) is 0 Å². The van der Waals surface area contributed by atoms with Gasteiger partial charge < -0.3 is 14.9 Å². The second kappa shape index (κ2) is 9.30. The van der Waals surface area contributed by atoms with Crippen LogP contribution in [-0.4, -0.2) is 34.5 Å². The number of hydrogen-bond acceptors (Lipinski definition) is 4. The lowest BCUT2D eigenvalue weighted by Gasteiger charge is -2.59. The molecule has 0 aromatic carbocycles. The Kier molecular flexibility index (Phi) is 7.11. The molecule has 0 saturated heterocycles. The van der Waals surface area contributed by atoms with Crippen molar-refractivity contribution in [3.8, 4) is 0 Å². The Morgan fingerprint density at radius 3 is 2.48 bits per heavy atom. The first-order chi connectivity index (χ1) is 15.5. The van der Waals surface area contributed by atoms with Crippen molar-refractivity contribution in [2.45, 2.75) is 124 Å². The molecule has 0 aromatic heterocycles. The highest BCUT2D eigenvalue weighted by molar-refractivity contribution is 5.66. The van der Waals surface area contributed by atoms with Gasteiger partial charge in [-0.05, 0) is 79.1 Å². The summed E-state index contributed by atoms with van der Waals surface area (Å²) >= 11 is 0. The van der Waals surface area contributed by atoms with Gasteiger partial charge in [-0.15, -0.1) is 0 Å². The molecule has 0 bridgehead atoms. The first kappa shape index (κ1) is 25.2. The number of hydrogen-bond donors (Lipinski definition) is 2. The van der Waals surface area contributed by atoms with Crippen LogP contribution in [0.2, 0.25) is 0 Å². The zero-order valence-corrected chi connectivity index (χ0v) is 21.9. The average molecular weight is 461 g/mol. The molecule has 33 heavy (non-hydrogen) atoms. The number of rotatable bonds is 6. The monoisotopic (exact) mass is 460 g/mol. The van der Waals surface area contributed by atoms with Crippen LogP contribution in [0.15, 0.2) is 11.1 Å². The van der Waals surface area contributed by atoms with Gasteiger partial charge in [0.05, 0.1) is 12.2 Å². The van der Waals surface area contributed by atoms with E-state index in [9.17, 15) is 15.0 Å². The van der Waals surface area contributed by atoms with Crippen LogP contribution >= 0.6 is 0 Å². The van der Waals surface area contributed by atoms with Crippen LogP contribution in [0.3, 0.4) is 0 Å². The predicted octanol–water partition coefficient (Wildman–Crippen LogP) is 6.05. The highest BCUT2D eigenvalue weighted by Gasteiger charge is 2.61. The van der Waals surface area contributed by atoms with Gasteiger partial charge in [-0.3, -0.25) is 4.79 Å². The Labute approximate surface area is 201 Å². The zero-order chi connectivity index (χ0) is 24.1. The second-order valence-corrected chi connectivity index (χ2v) is 12.9. The van der Waals surface area contributed by atoms with E-state index in [0.717, 1.165) is 44.4 Å². The number of carbonyl (C=O) groups excluding carboxylic acids is 1. The summed E-state index contributed by atoms with van der Waals surface area (Å²) in [6, 6.07) is 0. The van der Waals surface area contributed by atoms with Gasteiger partial charge in [0, 0.05) is 18.8 Å². The average Bonchev–Trinajstić information content (AvgIpc) is 2.99. The molecule has 2 N–H and O–H groups in total. The minimum atomic E-state index is -0.386. The quantitative estimate of drug-likeness (QED) is 0.374. The highest BCUT2D eigenvalue weighted by Crippen LogP contribution is 2.66. The Morgan fingerprint density at radius 2 is 1.82 bits per heavy atom. The van der Waals surface area contributed by atoms with Gasteiger partial charge >= 0.3 is 5.97 Å². The maximum atomic E-state index is 12.0. The van der Waals surface area contributed by atoms with Crippen molar-refractivity contribution < 1.29 is 19.7 Å². The van der Waals surface area contributed by atoms with Gasteiger partial charge in [0.1, 0.15) is 6.10 Å². The molecule has 188 valence electrons. The van der Waals surface area contributed by atoms with Crippen molar-refractivity contribution >= 4 is 5.97 Å². The Hall–Kier alpha value is -0.870. The van der Waals surface area contributed by atoms with Crippen LogP contribution in [0, 0.1) is 40.4 Å². The van der Waals surface area contributed by atoms with E-state index in [0.29, 0.717) is 30.1 Å². The molecule has 0 radical (unpaired) electrons. The third-order valence-corrected chi connectivity index (χ3v) is 10.5. The molecule has 4 heteroatoms. The predicted molar refractivity (Wildman–Crippen MR) is 131 cm³/mol. The van der Waals surface area contributed by atoms with E-state index in [2.05, 4.69) is 34.6 Å². The van der Waals surface area contributed by atoms with Crippen LogP contribution in [0.5, 0.6) is 0 Å². The number of aliphatic hydroxyl groups excluding tert-OH is 2. The number of fused-ring (bicyclic) bond motifs is 4. The standard InChI is InChI=1S/C29H48O4/c1-17(2)8-7-9-18(3)24-16-25(32)27-22-11-10-20-14-21(31)15-26(33-19(4)30)29(20,6)23(22)12-13-28(24,27)5/h17-18,20-21,23-26,31-32H,7-16H2,1-6H3/t18-,20+,21-,23+,24-,25-,26?,28-,29+/m1/s1. The van der Waals surface area contributed by atoms with Gasteiger partial charge in [0.25, 0.3) is 0 Å². The summed E-state index contributed by atoms with van der Waals surface area (Å²) in [4.78, 5) is 12.0. The first-order valence-corrected chi connectivity index (χ1v) is 13.7. The fraction of sp³-hybridized carbons (Fsp3) is 0.897. The fourth-order valence-corrected chi connectivity index (χ4v) is 8.90. The number of esters is 1. The summed E-state index contributed by atoms with van der Waals surface area (Å²) in [5.41, 5.74) is 2.79. The van der Waals surface area contributed by atoms with E-state index in [1.807, 2.05) is 0 Å². The van der Waals surface area contributed by atoms with E-state index in [1.54, 1.807) is 0 Å². The normalized spacial score (nSPS) is 43.7. The molecule has 0 amide bonds.